The maximum atomic E-state index is 2.17. The zero-order valence-corrected chi connectivity index (χ0v) is 10.6. The summed E-state index contributed by atoms with van der Waals surface area (Å²) in [5.74, 6) is 0. The van der Waals surface area contributed by atoms with Crippen molar-refractivity contribution in [3.05, 3.63) is 70.8 Å². The molecular formula is C18H28. The predicted octanol–water partition coefficient (Wildman–Crippen LogP) is 5.88. The van der Waals surface area contributed by atoms with E-state index >= 15 is 0 Å². The van der Waals surface area contributed by atoms with Crippen LogP contribution in [0.5, 0.6) is 0 Å². The Hall–Kier alpha value is -1.56. The molecule has 0 saturated carbocycles. The summed E-state index contributed by atoms with van der Waals surface area (Å²) in [7, 11) is 0. The van der Waals surface area contributed by atoms with Gasteiger partial charge in [0.15, 0.2) is 0 Å². The van der Waals surface area contributed by atoms with Crippen molar-refractivity contribution in [2.45, 2.75) is 42.5 Å². The van der Waals surface area contributed by atoms with Gasteiger partial charge in [-0.1, -0.05) is 85.6 Å². The number of rotatable bonds is 0. The summed E-state index contributed by atoms with van der Waals surface area (Å²) in [6, 6.07) is 16.9. The Morgan fingerprint density at radius 2 is 0.833 bits per heavy atom. The first-order chi connectivity index (χ1) is 7.58. The Labute approximate surface area is 114 Å². The van der Waals surface area contributed by atoms with Crippen molar-refractivity contribution >= 4 is 0 Å². The summed E-state index contributed by atoms with van der Waals surface area (Å²) in [5, 5.41) is 0. The van der Waals surface area contributed by atoms with Gasteiger partial charge in [0.05, 0.1) is 0 Å². The molecule has 0 fully saturated rings. The molecule has 0 amide bonds. The van der Waals surface area contributed by atoms with E-state index in [1.807, 2.05) is 0 Å². The highest BCUT2D eigenvalue weighted by Gasteiger charge is 1.81. The molecule has 0 aromatic heterocycles. The summed E-state index contributed by atoms with van der Waals surface area (Å²) >= 11 is 0. The fraction of sp³-hybridized carbons (Fsp3) is 0.333. The normalized spacial score (nSPS) is 8.22. The van der Waals surface area contributed by atoms with Crippen LogP contribution in [0.1, 0.15) is 37.1 Å². The topological polar surface area (TPSA) is 0 Å². The second-order valence-corrected chi connectivity index (χ2v) is 4.31. The number of benzene rings is 2. The van der Waals surface area contributed by atoms with Crippen LogP contribution in [0.15, 0.2) is 48.5 Å². The first-order valence-corrected chi connectivity index (χ1v) is 5.64. The van der Waals surface area contributed by atoms with Crippen LogP contribution in [0.3, 0.4) is 0 Å². The van der Waals surface area contributed by atoms with E-state index in [2.05, 4.69) is 76.2 Å². The molecule has 0 aliphatic carbocycles. The minimum absolute atomic E-state index is 0. The first kappa shape index (κ1) is 18.8. The van der Waals surface area contributed by atoms with Crippen molar-refractivity contribution in [2.75, 3.05) is 0 Å². The lowest BCUT2D eigenvalue weighted by atomic mass is 10.2. The molecule has 0 atom stereocenters. The molecule has 0 aliphatic rings. The second-order valence-electron chi connectivity index (χ2n) is 4.31. The van der Waals surface area contributed by atoms with Gasteiger partial charge >= 0.3 is 0 Å². The van der Waals surface area contributed by atoms with Gasteiger partial charge in [-0.25, -0.2) is 0 Å². The zero-order chi connectivity index (χ0) is 12.0. The fourth-order valence-electron chi connectivity index (χ4n) is 1.44. The van der Waals surface area contributed by atoms with E-state index in [0.717, 1.165) is 0 Å². The third-order valence-corrected chi connectivity index (χ3v) is 2.39. The van der Waals surface area contributed by atoms with E-state index < -0.39 is 0 Å². The van der Waals surface area contributed by atoms with E-state index in [0.29, 0.717) is 0 Å². The van der Waals surface area contributed by atoms with Crippen LogP contribution in [0, 0.1) is 27.7 Å². The van der Waals surface area contributed by atoms with Crippen molar-refractivity contribution < 1.29 is 0 Å². The Bertz CT molecular complexity index is 386. The summed E-state index contributed by atoms with van der Waals surface area (Å²) in [6.45, 7) is 8.40. The number of hydrogen-bond acceptors (Lipinski definition) is 0. The van der Waals surface area contributed by atoms with Crippen molar-refractivity contribution in [1.82, 2.24) is 0 Å². The summed E-state index contributed by atoms with van der Waals surface area (Å²) in [4.78, 5) is 0. The molecule has 2 rings (SSSR count). The number of hydrogen-bond donors (Lipinski definition) is 0. The SMILES string of the molecule is C.C.Cc1ccc(C)cc1.Cc1cccc(C)c1. The average Bonchev–Trinajstić information content (AvgIpc) is 2.23. The zero-order valence-electron chi connectivity index (χ0n) is 10.6. The van der Waals surface area contributed by atoms with E-state index in [-0.39, 0.29) is 14.9 Å². The van der Waals surface area contributed by atoms with Gasteiger partial charge in [-0.3, -0.25) is 0 Å². The molecule has 0 unspecified atom stereocenters. The minimum atomic E-state index is 0. The molecule has 2 aromatic rings. The molecule has 0 saturated heterocycles. The molecule has 100 valence electrons. The lowest BCUT2D eigenvalue weighted by Crippen LogP contribution is -1.71. The highest BCUT2D eigenvalue weighted by molar-refractivity contribution is 5.20. The highest BCUT2D eigenvalue weighted by Crippen LogP contribution is 2.00. The maximum Gasteiger partial charge on any atom is -0.0398 e. The molecule has 18 heavy (non-hydrogen) atoms. The Morgan fingerprint density at radius 3 is 1.06 bits per heavy atom. The monoisotopic (exact) mass is 244 g/mol. The van der Waals surface area contributed by atoms with Crippen molar-refractivity contribution in [3.63, 3.8) is 0 Å². The third-order valence-electron chi connectivity index (χ3n) is 2.39. The highest BCUT2D eigenvalue weighted by atomic mass is 13.9. The third kappa shape index (κ3) is 7.67. The number of aryl methyl sites for hydroxylation is 4. The van der Waals surface area contributed by atoms with Crippen LogP contribution in [0.25, 0.3) is 0 Å². The van der Waals surface area contributed by atoms with Crippen LogP contribution >= 0.6 is 0 Å². The van der Waals surface area contributed by atoms with Gasteiger partial charge in [0.2, 0.25) is 0 Å². The Balaban J connectivity index is 0. The summed E-state index contributed by atoms with van der Waals surface area (Å²) < 4.78 is 0. The molecule has 0 heteroatoms. The molecule has 0 bridgehead atoms. The van der Waals surface area contributed by atoms with Gasteiger partial charge in [0.1, 0.15) is 0 Å². The van der Waals surface area contributed by atoms with Crippen LogP contribution in [-0.4, -0.2) is 0 Å². The molecule has 0 aliphatic heterocycles. The Morgan fingerprint density at radius 1 is 0.500 bits per heavy atom. The molecular weight excluding hydrogens is 216 g/mol. The maximum absolute atomic E-state index is 2.17. The van der Waals surface area contributed by atoms with E-state index in [4.69, 9.17) is 0 Å². The molecule has 0 N–H and O–H groups in total. The minimum Gasteiger partial charge on any atom is -0.0776 e. The van der Waals surface area contributed by atoms with Gasteiger partial charge in [-0.15, -0.1) is 0 Å². The first-order valence-electron chi connectivity index (χ1n) is 5.64. The van der Waals surface area contributed by atoms with E-state index in [1.54, 1.807) is 0 Å². The van der Waals surface area contributed by atoms with Crippen LogP contribution < -0.4 is 0 Å². The van der Waals surface area contributed by atoms with Crippen LogP contribution in [-0.2, 0) is 0 Å². The molecule has 0 nitrogen and oxygen atoms in total. The van der Waals surface area contributed by atoms with Gasteiger partial charge in [-0.2, -0.15) is 0 Å². The predicted molar refractivity (Wildman–Crippen MR) is 85.3 cm³/mol. The summed E-state index contributed by atoms with van der Waals surface area (Å²) in [6.07, 6.45) is 0. The lowest BCUT2D eigenvalue weighted by molar-refractivity contribution is 1.39. The van der Waals surface area contributed by atoms with Crippen LogP contribution in [0.2, 0.25) is 0 Å². The molecule has 2 aromatic carbocycles. The molecule has 0 heterocycles. The van der Waals surface area contributed by atoms with Gasteiger partial charge in [-0.05, 0) is 27.7 Å². The standard InChI is InChI=1S/2C8H10.2CH4/c1-7-3-5-8(2)6-4-7;1-7-4-3-5-8(2)6-7;;/h2*3-6H,1-2H3;2*1H4. The second kappa shape index (κ2) is 9.47. The van der Waals surface area contributed by atoms with E-state index in [1.165, 1.54) is 22.3 Å². The van der Waals surface area contributed by atoms with Crippen molar-refractivity contribution in [1.29, 1.82) is 0 Å². The van der Waals surface area contributed by atoms with Gasteiger partial charge in [0.25, 0.3) is 0 Å². The van der Waals surface area contributed by atoms with Gasteiger partial charge < -0.3 is 0 Å². The molecule has 0 radical (unpaired) electrons. The Kier molecular flexibility index (Phi) is 9.89. The van der Waals surface area contributed by atoms with E-state index in [9.17, 15) is 0 Å². The van der Waals surface area contributed by atoms with Crippen molar-refractivity contribution in [3.8, 4) is 0 Å². The fourth-order valence-corrected chi connectivity index (χ4v) is 1.44. The van der Waals surface area contributed by atoms with Gasteiger partial charge in [0, 0.05) is 0 Å². The quantitative estimate of drug-likeness (QED) is 0.543. The average molecular weight is 244 g/mol. The smallest absolute Gasteiger partial charge is 0.0398 e. The summed E-state index contributed by atoms with van der Waals surface area (Å²) in [5.41, 5.74) is 5.33. The lowest BCUT2D eigenvalue weighted by Gasteiger charge is -1.90. The van der Waals surface area contributed by atoms with Crippen LogP contribution in [0.4, 0.5) is 0 Å². The molecule has 0 spiro atoms. The van der Waals surface area contributed by atoms with Crippen molar-refractivity contribution in [2.24, 2.45) is 0 Å². The largest absolute Gasteiger partial charge is 0.0776 e.